The lowest BCUT2D eigenvalue weighted by atomic mass is 10.1. The molecule has 6 nitrogen and oxygen atoms in total. The smallest absolute Gasteiger partial charge is 0.263 e. The van der Waals surface area contributed by atoms with E-state index in [1.165, 1.54) is 11.8 Å². The Kier molecular flexibility index (Phi) is 5.34. The highest BCUT2D eigenvalue weighted by atomic mass is 32.2. The standard InChI is InChI=1S/C20H18N2O4S2/c23-11-14-5-2-8-22(14)19(25)13-4-1-3-12(9-13)16-7-6-15(26-16)10-17-18(24)21-20(27)28-17/h1,3-4,6-7,9-10,14,23H,2,5,8,11H2,(H,21,24,27). The van der Waals surface area contributed by atoms with E-state index in [4.69, 9.17) is 16.6 Å². The Morgan fingerprint density at radius 3 is 3.00 bits per heavy atom. The van der Waals surface area contributed by atoms with Gasteiger partial charge in [0.1, 0.15) is 15.8 Å². The molecule has 2 amide bonds. The van der Waals surface area contributed by atoms with Crippen molar-refractivity contribution < 1.29 is 19.1 Å². The zero-order chi connectivity index (χ0) is 19.7. The third-order valence-corrected chi connectivity index (χ3v) is 5.95. The third-order valence-electron chi connectivity index (χ3n) is 4.78. The van der Waals surface area contributed by atoms with Gasteiger partial charge >= 0.3 is 0 Å². The van der Waals surface area contributed by atoms with E-state index in [0.717, 1.165) is 18.4 Å². The molecule has 2 N–H and O–H groups in total. The lowest BCUT2D eigenvalue weighted by molar-refractivity contribution is -0.115. The Bertz CT molecular complexity index is 982. The van der Waals surface area contributed by atoms with Gasteiger partial charge < -0.3 is 19.7 Å². The maximum atomic E-state index is 12.8. The number of likely N-dealkylation sites (tertiary alicyclic amines) is 1. The summed E-state index contributed by atoms with van der Waals surface area (Å²) >= 11 is 6.18. The molecule has 0 bridgehead atoms. The molecule has 2 saturated heterocycles. The molecule has 1 aromatic heterocycles. The second-order valence-electron chi connectivity index (χ2n) is 6.61. The molecule has 3 heterocycles. The number of benzene rings is 1. The third kappa shape index (κ3) is 3.76. The summed E-state index contributed by atoms with van der Waals surface area (Å²) < 4.78 is 6.27. The predicted molar refractivity (Wildman–Crippen MR) is 112 cm³/mol. The second kappa shape index (κ2) is 7.90. The van der Waals surface area contributed by atoms with Gasteiger partial charge in [0.25, 0.3) is 11.8 Å². The topological polar surface area (TPSA) is 82.8 Å². The maximum Gasteiger partial charge on any atom is 0.263 e. The molecule has 144 valence electrons. The number of rotatable bonds is 4. The number of nitrogens with one attached hydrogen (secondary N) is 1. The van der Waals surface area contributed by atoms with Crippen molar-refractivity contribution in [1.82, 2.24) is 10.2 Å². The molecule has 8 heteroatoms. The van der Waals surface area contributed by atoms with E-state index < -0.39 is 0 Å². The first-order valence-corrected chi connectivity index (χ1v) is 10.1. The Balaban J connectivity index is 1.56. The van der Waals surface area contributed by atoms with E-state index in [1.807, 2.05) is 12.1 Å². The van der Waals surface area contributed by atoms with Crippen LogP contribution in [0.15, 0.2) is 45.7 Å². The monoisotopic (exact) mass is 414 g/mol. The van der Waals surface area contributed by atoms with Gasteiger partial charge in [-0.25, -0.2) is 0 Å². The number of thiocarbonyl (C=S) groups is 1. The van der Waals surface area contributed by atoms with E-state index in [1.54, 1.807) is 35.2 Å². The summed E-state index contributed by atoms with van der Waals surface area (Å²) in [5, 5.41) is 12.0. The fraction of sp³-hybridized carbons (Fsp3) is 0.250. The summed E-state index contributed by atoms with van der Waals surface area (Å²) in [6.45, 7) is 0.644. The molecule has 0 aliphatic carbocycles. The molecule has 0 saturated carbocycles. The predicted octanol–water partition coefficient (Wildman–Crippen LogP) is 3.03. The normalized spacial score (nSPS) is 20.8. The van der Waals surface area contributed by atoms with Crippen molar-refractivity contribution in [2.75, 3.05) is 13.2 Å². The van der Waals surface area contributed by atoms with Crippen LogP contribution in [-0.2, 0) is 4.79 Å². The Hall–Kier alpha value is -2.42. The molecule has 1 aromatic carbocycles. The van der Waals surface area contributed by atoms with Crippen LogP contribution in [0.25, 0.3) is 17.4 Å². The number of hydrogen-bond donors (Lipinski definition) is 2. The van der Waals surface area contributed by atoms with Gasteiger partial charge in [0.2, 0.25) is 0 Å². The van der Waals surface area contributed by atoms with Gasteiger partial charge in [-0.1, -0.05) is 36.1 Å². The number of thioether (sulfide) groups is 1. The summed E-state index contributed by atoms with van der Waals surface area (Å²) in [6.07, 6.45) is 3.38. The average molecular weight is 415 g/mol. The van der Waals surface area contributed by atoms with Crippen molar-refractivity contribution >= 4 is 46.2 Å². The highest BCUT2D eigenvalue weighted by Gasteiger charge is 2.29. The number of carbonyl (C=O) groups is 2. The first kappa shape index (κ1) is 18.9. The minimum absolute atomic E-state index is 0.0172. The summed E-state index contributed by atoms with van der Waals surface area (Å²) in [5.41, 5.74) is 1.33. The minimum Gasteiger partial charge on any atom is -0.457 e. The van der Waals surface area contributed by atoms with Crippen molar-refractivity contribution in [1.29, 1.82) is 0 Å². The van der Waals surface area contributed by atoms with Crippen molar-refractivity contribution in [3.05, 3.63) is 52.6 Å². The molecule has 2 aliphatic rings. The number of amides is 2. The first-order valence-electron chi connectivity index (χ1n) is 8.92. The molecule has 2 aromatic rings. The molecular weight excluding hydrogens is 396 g/mol. The molecule has 1 unspecified atom stereocenters. The van der Waals surface area contributed by atoms with Gasteiger partial charge in [-0.15, -0.1) is 0 Å². The zero-order valence-corrected chi connectivity index (χ0v) is 16.5. The fourth-order valence-electron chi connectivity index (χ4n) is 3.40. The Labute approximate surface area is 171 Å². The van der Waals surface area contributed by atoms with E-state index in [0.29, 0.717) is 32.9 Å². The SMILES string of the molecule is O=C1NC(=S)SC1=Cc1ccc(-c2cccc(C(=O)N3CCCC3CO)c2)o1. The second-order valence-corrected chi connectivity index (χ2v) is 8.33. The quantitative estimate of drug-likeness (QED) is 0.591. The molecule has 0 radical (unpaired) electrons. The van der Waals surface area contributed by atoms with Gasteiger partial charge in [0.15, 0.2) is 0 Å². The maximum absolute atomic E-state index is 12.8. The van der Waals surface area contributed by atoms with Crippen molar-refractivity contribution in [2.24, 2.45) is 0 Å². The molecule has 0 spiro atoms. The number of hydrogen-bond acceptors (Lipinski definition) is 6. The van der Waals surface area contributed by atoms with Gasteiger partial charge in [-0.05, 0) is 37.1 Å². The van der Waals surface area contributed by atoms with E-state index in [2.05, 4.69) is 5.32 Å². The Morgan fingerprint density at radius 1 is 1.39 bits per heavy atom. The molecule has 1 atom stereocenters. The summed E-state index contributed by atoms with van der Waals surface area (Å²) in [5.74, 6) is 0.825. The number of furan rings is 1. The van der Waals surface area contributed by atoms with Crippen LogP contribution in [0.4, 0.5) is 0 Å². The number of aliphatic hydroxyl groups is 1. The fourth-order valence-corrected chi connectivity index (χ4v) is 4.42. The lowest BCUT2D eigenvalue weighted by Crippen LogP contribution is -2.37. The zero-order valence-electron chi connectivity index (χ0n) is 14.9. The van der Waals surface area contributed by atoms with Crippen LogP contribution in [0.2, 0.25) is 0 Å². The molecule has 2 fully saturated rings. The van der Waals surface area contributed by atoms with Crippen molar-refractivity contribution in [3.8, 4) is 11.3 Å². The van der Waals surface area contributed by atoms with Gasteiger partial charge in [-0.3, -0.25) is 9.59 Å². The van der Waals surface area contributed by atoms with Crippen LogP contribution < -0.4 is 5.32 Å². The van der Waals surface area contributed by atoms with Crippen LogP contribution in [-0.4, -0.2) is 45.3 Å². The molecule has 4 rings (SSSR count). The number of aliphatic hydroxyl groups excluding tert-OH is 1. The van der Waals surface area contributed by atoms with E-state index in [-0.39, 0.29) is 24.5 Å². The summed E-state index contributed by atoms with van der Waals surface area (Å²) in [4.78, 5) is 26.8. The van der Waals surface area contributed by atoms with Crippen molar-refractivity contribution in [3.63, 3.8) is 0 Å². The van der Waals surface area contributed by atoms with Gasteiger partial charge in [0.05, 0.1) is 17.6 Å². The highest BCUT2D eigenvalue weighted by Crippen LogP contribution is 2.29. The van der Waals surface area contributed by atoms with E-state index >= 15 is 0 Å². The summed E-state index contributed by atoms with van der Waals surface area (Å²) in [7, 11) is 0. The molecule has 2 aliphatic heterocycles. The largest absolute Gasteiger partial charge is 0.457 e. The molecular formula is C20H18N2O4S2. The van der Waals surface area contributed by atoms with Crippen LogP contribution in [0.5, 0.6) is 0 Å². The first-order chi connectivity index (χ1) is 13.5. The Morgan fingerprint density at radius 2 is 2.25 bits per heavy atom. The van der Waals surface area contributed by atoms with Crippen LogP contribution >= 0.6 is 24.0 Å². The lowest BCUT2D eigenvalue weighted by Gasteiger charge is -2.23. The number of carbonyl (C=O) groups excluding carboxylic acids is 2. The summed E-state index contributed by atoms with van der Waals surface area (Å²) in [6, 6.07) is 10.7. The average Bonchev–Trinajstić information content (AvgIpc) is 3.42. The molecule has 28 heavy (non-hydrogen) atoms. The van der Waals surface area contributed by atoms with Gasteiger partial charge in [-0.2, -0.15) is 0 Å². The van der Waals surface area contributed by atoms with Crippen LogP contribution in [0, 0.1) is 0 Å². The van der Waals surface area contributed by atoms with Gasteiger partial charge in [0, 0.05) is 23.7 Å². The van der Waals surface area contributed by atoms with Crippen LogP contribution in [0.3, 0.4) is 0 Å². The van der Waals surface area contributed by atoms with E-state index in [9.17, 15) is 14.7 Å². The highest BCUT2D eigenvalue weighted by molar-refractivity contribution is 8.26. The number of nitrogens with zero attached hydrogens (tertiary/aromatic N) is 1. The minimum atomic E-state index is -0.232. The van der Waals surface area contributed by atoms with Crippen LogP contribution in [0.1, 0.15) is 29.0 Å². The van der Waals surface area contributed by atoms with Crippen molar-refractivity contribution in [2.45, 2.75) is 18.9 Å².